The van der Waals surface area contributed by atoms with E-state index in [2.05, 4.69) is 15.1 Å². The Balaban J connectivity index is 1.66. The van der Waals surface area contributed by atoms with Crippen LogP contribution >= 0.6 is 11.6 Å². The maximum absolute atomic E-state index is 12.8. The molecule has 0 amide bonds. The normalized spacial score (nSPS) is 16.9. The van der Waals surface area contributed by atoms with Crippen molar-refractivity contribution in [3.05, 3.63) is 35.0 Å². The summed E-state index contributed by atoms with van der Waals surface area (Å²) in [5.74, 6) is 1.50. The van der Waals surface area contributed by atoms with Gasteiger partial charge in [-0.15, -0.1) is 10.2 Å². The van der Waals surface area contributed by atoms with Gasteiger partial charge < -0.3 is 9.15 Å². The molecule has 0 N–H and O–H groups in total. The summed E-state index contributed by atoms with van der Waals surface area (Å²) in [6.45, 7) is 4.21. The molecule has 25 heavy (non-hydrogen) atoms. The minimum absolute atomic E-state index is 0.166. The van der Waals surface area contributed by atoms with Gasteiger partial charge in [-0.1, -0.05) is 11.6 Å². The minimum atomic E-state index is -3.59. The standard InChI is InChI=1S/C15H19ClN4O4S/c1-11-17-18-15(24-11)10-19-5-7-20(8-6-19)25(21,22)12-3-4-14(23-2)13(16)9-12/h3-4,9H,5-8,10H2,1-2H3. The van der Waals surface area contributed by atoms with E-state index in [1.54, 1.807) is 13.0 Å². The monoisotopic (exact) mass is 386 g/mol. The van der Waals surface area contributed by atoms with Crippen molar-refractivity contribution in [2.45, 2.75) is 18.4 Å². The predicted molar refractivity (Wildman–Crippen MR) is 91.1 cm³/mol. The number of nitrogens with zero attached hydrogens (tertiary/aromatic N) is 4. The van der Waals surface area contributed by atoms with Gasteiger partial charge in [0.15, 0.2) is 0 Å². The van der Waals surface area contributed by atoms with Gasteiger partial charge in [0.05, 0.1) is 23.6 Å². The third-order valence-electron chi connectivity index (χ3n) is 4.02. The van der Waals surface area contributed by atoms with E-state index in [-0.39, 0.29) is 9.92 Å². The lowest BCUT2D eigenvalue weighted by Crippen LogP contribution is -2.48. The molecule has 1 aromatic heterocycles. The van der Waals surface area contributed by atoms with Gasteiger partial charge >= 0.3 is 0 Å². The molecule has 1 saturated heterocycles. The van der Waals surface area contributed by atoms with Crippen LogP contribution in [0.15, 0.2) is 27.5 Å². The van der Waals surface area contributed by atoms with Gasteiger partial charge in [-0.05, 0) is 18.2 Å². The van der Waals surface area contributed by atoms with E-state index in [0.29, 0.717) is 50.3 Å². The van der Waals surface area contributed by atoms with Crippen molar-refractivity contribution < 1.29 is 17.6 Å². The number of hydrogen-bond acceptors (Lipinski definition) is 7. The van der Waals surface area contributed by atoms with Gasteiger partial charge in [0, 0.05) is 33.1 Å². The van der Waals surface area contributed by atoms with Gasteiger partial charge in [-0.3, -0.25) is 4.90 Å². The Morgan fingerprint density at radius 3 is 2.52 bits per heavy atom. The Labute approximate surface area is 151 Å². The van der Waals surface area contributed by atoms with Crippen molar-refractivity contribution >= 4 is 21.6 Å². The second-order valence-corrected chi connectivity index (χ2v) is 8.04. The number of methoxy groups -OCH3 is 1. The second kappa shape index (κ2) is 7.28. The zero-order valence-electron chi connectivity index (χ0n) is 14.0. The van der Waals surface area contributed by atoms with E-state index in [9.17, 15) is 8.42 Å². The summed E-state index contributed by atoms with van der Waals surface area (Å²) in [5.41, 5.74) is 0. The maximum Gasteiger partial charge on any atom is 0.243 e. The van der Waals surface area contributed by atoms with Crippen LogP contribution in [0.4, 0.5) is 0 Å². The maximum atomic E-state index is 12.8. The Bertz CT molecular complexity index is 847. The summed E-state index contributed by atoms with van der Waals surface area (Å²) in [4.78, 5) is 2.25. The molecule has 0 unspecified atom stereocenters. The van der Waals surface area contributed by atoms with Gasteiger partial charge in [-0.25, -0.2) is 8.42 Å². The topological polar surface area (TPSA) is 88.8 Å². The zero-order valence-corrected chi connectivity index (χ0v) is 15.5. The predicted octanol–water partition coefficient (Wildman–Crippen LogP) is 1.55. The number of piperazine rings is 1. The Morgan fingerprint density at radius 2 is 1.96 bits per heavy atom. The summed E-state index contributed by atoms with van der Waals surface area (Å²) in [6.07, 6.45) is 0. The third kappa shape index (κ3) is 3.95. The van der Waals surface area contributed by atoms with Crippen molar-refractivity contribution in [2.24, 2.45) is 0 Å². The van der Waals surface area contributed by atoms with Crippen LogP contribution in [-0.4, -0.2) is 61.1 Å². The van der Waals surface area contributed by atoms with Crippen LogP contribution in [0, 0.1) is 6.92 Å². The molecule has 1 aliphatic heterocycles. The molecule has 0 aliphatic carbocycles. The number of sulfonamides is 1. The summed E-state index contributed by atoms with van der Waals surface area (Å²) < 4.78 is 37.4. The lowest BCUT2D eigenvalue weighted by molar-refractivity contribution is 0.167. The van der Waals surface area contributed by atoms with E-state index < -0.39 is 10.0 Å². The van der Waals surface area contributed by atoms with Crippen LogP contribution in [0.2, 0.25) is 5.02 Å². The average Bonchev–Trinajstić information content (AvgIpc) is 3.00. The SMILES string of the molecule is COc1ccc(S(=O)(=O)N2CCN(Cc3nnc(C)o3)CC2)cc1Cl. The first-order chi connectivity index (χ1) is 11.9. The highest BCUT2D eigenvalue weighted by Crippen LogP contribution is 2.28. The zero-order chi connectivity index (χ0) is 18.0. The number of aromatic nitrogens is 2. The molecular formula is C15H19ClN4O4S. The number of rotatable bonds is 5. The van der Waals surface area contributed by atoms with E-state index in [4.69, 9.17) is 20.8 Å². The van der Waals surface area contributed by atoms with Crippen LogP contribution in [0.25, 0.3) is 0 Å². The Hall–Kier alpha value is -1.68. The fraction of sp³-hybridized carbons (Fsp3) is 0.467. The highest BCUT2D eigenvalue weighted by molar-refractivity contribution is 7.89. The molecule has 136 valence electrons. The van der Waals surface area contributed by atoms with Crippen molar-refractivity contribution in [1.29, 1.82) is 0 Å². The summed E-state index contributed by atoms with van der Waals surface area (Å²) in [6, 6.07) is 4.49. The molecule has 2 heterocycles. The van der Waals surface area contributed by atoms with Crippen LogP contribution in [-0.2, 0) is 16.6 Å². The number of benzene rings is 1. The first-order valence-electron chi connectivity index (χ1n) is 7.75. The molecule has 10 heteroatoms. The minimum Gasteiger partial charge on any atom is -0.495 e. The fourth-order valence-corrected chi connectivity index (χ4v) is 4.45. The van der Waals surface area contributed by atoms with Crippen LogP contribution in [0.1, 0.15) is 11.8 Å². The van der Waals surface area contributed by atoms with E-state index in [1.807, 2.05) is 0 Å². The lowest BCUT2D eigenvalue weighted by Gasteiger charge is -2.33. The van der Waals surface area contributed by atoms with Gasteiger partial charge in [0.1, 0.15) is 5.75 Å². The molecule has 1 aliphatic rings. The number of hydrogen-bond donors (Lipinski definition) is 0. The van der Waals surface area contributed by atoms with Crippen molar-refractivity contribution in [1.82, 2.24) is 19.4 Å². The van der Waals surface area contributed by atoms with E-state index in [0.717, 1.165) is 0 Å². The third-order valence-corrected chi connectivity index (χ3v) is 6.21. The van der Waals surface area contributed by atoms with Gasteiger partial charge in [-0.2, -0.15) is 4.31 Å². The second-order valence-electron chi connectivity index (χ2n) is 5.69. The molecule has 0 bridgehead atoms. The molecule has 0 spiro atoms. The smallest absolute Gasteiger partial charge is 0.243 e. The van der Waals surface area contributed by atoms with Crippen molar-refractivity contribution in [2.75, 3.05) is 33.3 Å². The van der Waals surface area contributed by atoms with E-state index in [1.165, 1.54) is 23.5 Å². The molecule has 3 rings (SSSR count). The highest BCUT2D eigenvalue weighted by Gasteiger charge is 2.29. The molecule has 1 aromatic carbocycles. The molecule has 1 fully saturated rings. The van der Waals surface area contributed by atoms with E-state index >= 15 is 0 Å². The number of halogens is 1. The van der Waals surface area contributed by atoms with Crippen molar-refractivity contribution in [3.63, 3.8) is 0 Å². The summed E-state index contributed by atoms with van der Waals surface area (Å²) in [7, 11) is -2.10. The van der Waals surface area contributed by atoms with Crippen LogP contribution < -0.4 is 4.74 Å². The van der Waals surface area contributed by atoms with Gasteiger partial charge in [0.2, 0.25) is 21.8 Å². The highest BCUT2D eigenvalue weighted by atomic mass is 35.5. The summed E-state index contributed by atoms with van der Waals surface area (Å²) >= 11 is 6.05. The molecule has 2 aromatic rings. The largest absolute Gasteiger partial charge is 0.495 e. The fourth-order valence-electron chi connectivity index (χ4n) is 2.68. The summed E-state index contributed by atoms with van der Waals surface area (Å²) in [5, 5.41) is 8.03. The first-order valence-corrected chi connectivity index (χ1v) is 9.57. The molecule has 8 nitrogen and oxygen atoms in total. The lowest BCUT2D eigenvalue weighted by atomic mass is 10.3. The number of aryl methyl sites for hydroxylation is 1. The molecule has 0 radical (unpaired) electrons. The Morgan fingerprint density at radius 1 is 1.24 bits per heavy atom. The van der Waals surface area contributed by atoms with Crippen molar-refractivity contribution in [3.8, 4) is 5.75 Å². The van der Waals surface area contributed by atoms with Crippen LogP contribution in [0.3, 0.4) is 0 Å². The Kier molecular flexibility index (Phi) is 5.28. The van der Waals surface area contributed by atoms with Crippen LogP contribution in [0.5, 0.6) is 5.75 Å². The first kappa shape index (κ1) is 18.1. The number of ether oxygens (including phenoxy) is 1. The molecule has 0 saturated carbocycles. The average molecular weight is 387 g/mol. The molecular weight excluding hydrogens is 368 g/mol. The quantitative estimate of drug-likeness (QED) is 0.770. The molecule has 0 atom stereocenters. The van der Waals surface area contributed by atoms with Gasteiger partial charge in [0.25, 0.3) is 0 Å².